The number of benzene rings is 9. The van der Waals surface area contributed by atoms with E-state index in [1.807, 2.05) is 22.7 Å². The molecule has 282 valence electrons. The number of hydrogen-bond donors (Lipinski definition) is 0. The molecule has 3 heteroatoms. The van der Waals surface area contributed by atoms with Crippen LogP contribution in [-0.4, -0.2) is 4.57 Å². The molecule has 9 aromatic carbocycles. The molecule has 0 spiro atoms. The predicted octanol–water partition coefficient (Wildman–Crippen LogP) is 16.8. The SMILES string of the molecule is CC1c2cccc(-c3ccc4c5ccccc5n(-c5ccccc5)c4c3)c2-c2ccccc2C1c1cc(-c2cccc3c2sc2ccccc23)c2sc3ccccc3c2c1. The van der Waals surface area contributed by atoms with Crippen molar-refractivity contribution in [2.24, 2.45) is 0 Å². The minimum Gasteiger partial charge on any atom is -0.309 e. The van der Waals surface area contributed by atoms with Gasteiger partial charge in [0.1, 0.15) is 0 Å². The summed E-state index contributed by atoms with van der Waals surface area (Å²) in [6, 6.07) is 72.8. The zero-order chi connectivity index (χ0) is 39.5. The lowest BCUT2D eigenvalue weighted by molar-refractivity contribution is 0.650. The van der Waals surface area contributed by atoms with Crippen molar-refractivity contribution < 1.29 is 0 Å². The minimum atomic E-state index is 0.176. The third-order valence-corrected chi connectivity index (χ3v) is 15.6. The summed E-state index contributed by atoms with van der Waals surface area (Å²) in [4.78, 5) is 0. The monoisotopic (exact) mass is 799 g/mol. The Morgan fingerprint density at radius 1 is 0.400 bits per heavy atom. The van der Waals surface area contributed by atoms with Gasteiger partial charge in [-0.05, 0) is 93.4 Å². The molecule has 12 aromatic rings. The van der Waals surface area contributed by atoms with Gasteiger partial charge in [0.2, 0.25) is 0 Å². The second-order valence-electron chi connectivity index (χ2n) is 16.4. The van der Waals surface area contributed by atoms with Gasteiger partial charge in [-0.2, -0.15) is 0 Å². The van der Waals surface area contributed by atoms with Gasteiger partial charge >= 0.3 is 0 Å². The molecule has 0 bridgehead atoms. The van der Waals surface area contributed by atoms with Gasteiger partial charge in [-0.3, -0.25) is 0 Å². The van der Waals surface area contributed by atoms with Crippen LogP contribution in [0.25, 0.3) is 101 Å². The first-order chi connectivity index (χ1) is 29.7. The van der Waals surface area contributed by atoms with Crippen molar-refractivity contribution in [1.29, 1.82) is 0 Å². The molecule has 3 aromatic heterocycles. The van der Waals surface area contributed by atoms with E-state index in [1.54, 1.807) is 0 Å². The molecule has 13 rings (SSSR count). The van der Waals surface area contributed by atoms with E-state index in [9.17, 15) is 0 Å². The Hall–Kier alpha value is -6.78. The zero-order valence-electron chi connectivity index (χ0n) is 32.9. The highest BCUT2D eigenvalue weighted by molar-refractivity contribution is 7.27. The van der Waals surface area contributed by atoms with Gasteiger partial charge in [-0.25, -0.2) is 0 Å². The Kier molecular flexibility index (Phi) is 7.46. The van der Waals surface area contributed by atoms with Gasteiger partial charge in [0.15, 0.2) is 0 Å². The number of para-hydroxylation sites is 2. The summed E-state index contributed by atoms with van der Waals surface area (Å²) in [5.74, 6) is 0.417. The number of fused-ring (bicyclic) bond motifs is 12. The van der Waals surface area contributed by atoms with Crippen molar-refractivity contribution in [2.75, 3.05) is 0 Å². The van der Waals surface area contributed by atoms with Crippen molar-refractivity contribution in [3.8, 4) is 39.1 Å². The van der Waals surface area contributed by atoms with Crippen LogP contribution in [0.2, 0.25) is 0 Å². The normalized spacial score (nSPS) is 15.1. The lowest BCUT2D eigenvalue weighted by atomic mass is 9.68. The Balaban J connectivity index is 1.03. The molecule has 0 saturated heterocycles. The summed E-state index contributed by atoms with van der Waals surface area (Å²) in [6.45, 7) is 2.46. The van der Waals surface area contributed by atoms with Crippen LogP contribution in [0.3, 0.4) is 0 Å². The van der Waals surface area contributed by atoms with E-state index in [0.29, 0.717) is 0 Å². The van der Waals surface area contributed by atoms with Crippen LogP contribution in [-0.2, 0) is 0 Å². The summed E-state index contributed by atoms with van der Waals surface area (Å²) < 4.78 is 7.84. The minimum absolute atomic E-state index is 0.176. The highest BCUT2D eigenvalue weighted by Gasteiger charge is 2.34. The molecular weight excluding hydrogens is 763 g/mol. The smallest absolute Gasteiger partial charge is 0.0547 e. The van der Waals surface area contributed by atoms with Crippen molar-refractivity contribution >= 4 is 84.8 Å². The van der Waals surface area contributed by atoms with Crippen LogP contribution >= 0.6 is 22.7 Å². The highest BCUT2D eigenvalue weighted by Crippen LogP contribution is 2.55. The highest BCUT2D eigenvalue weighted by atomic mass is 32.1. The van der Waals surface area contributed by atoms with Gasteiger partial charge < -0.3 is 4.57 Å². The van der Waals surface area contributed by atoms with Crippen LogP contribution in [0, 0.1) is 0 Å². The number of aromatic nitrogens is 1. The fourth-order valence-electron chi connectivity index (χ4n) is 10.6. The zero-order valence-corrected chi connectivity index (χ0v) is 34.5. The van der Waals surface area contributed by atoms with Gasteiger partial charge in [-0.15, -0.1) is 22.7 Å². The Morgan fingerprint density at radius 3 is 1.83 bits per heavy atom. The molecule has 1 aliphatic carbocycles. The van der Waals surface area contributed by atoms with E-state index < -0.39 is 0 Å². The first-order valence-corrected chi connectivity index (χ1v) is 22.5. The molecule has 1 nitrogen and oxygen atoms in total. The molecule has 0 amide bonds. The molecule has 0 saturated carbocycles. The van der Waals surface area contributed by atoms with Crippen LogP contribution in [0.4, 0.5) is 0 Å². The van der Waals surface area contributed by atoms with Gasteiger partial charge in [0, 0.05) is 73.8 Å². The number of nitrogens with zero attached hydrogens (tertiary/aromatic N) is 1. The molecule has 0 aliphatic heterocycles. The maximum atomic E-state index is 2.56. The summed E-state index contributed by atoms with van der Waals surface area (Å²) in [7, 11) is 0. The fraction of sp³-hybridized carbons (Fsp3) is 0.0526. The largest absolute Gasteiger partial charge is 0.309 e. The van der Waals surface area contributed by atoms with Gasteiger partial charge in [0.25, 0.3) is 0 Å². The third-order valence-electron chi connectivity index (χ3n) is 13.2. The maximum absolute atomic E-state index is 2.56. The average Bonchev–Trinajstić information content (AvgIpc) is 3.98. The van der Waals surface area contributed by atoms with Crippen molar-refractivity contribution in [3.05, 3.63) is 211 Å². The van der Waals surface area contributed by atoms with E-state index >= 15 is 0 Å². The van der Waals surface area contributed by atoms with Crippen molar-refractivity contribution in [1.82, 2.24) is 4.57 Å². The second-order valence-corrected chi connectivity index (χ2v) is 18.5. The van der Waals surface area contributed by atoms with E-state index in [-0.39, 0.29) is 11.8 Å². The number of thiophene rings is 2. The van der Waals surface area contributed by atoms with E-state index in [1.165, 1.54) is 118 Å². The van der Waals surface area contributed by atoms with Crippen molar-refractivity contribution in [3.63, 3.8) is 0 Å². The molecule has 0 N–H and O–H groups in total. The molecule has 0 fully saturated rings. The molecule has 0 radical (unpaired) electrons. The first kappa shape index (κ1) is 34.1. The Labute approximate surface area is 356 Å². The average molecular weight is 800 g/mol. The predicted molar refractivity (Wildman–Crippen MR) is 260 cm³/mol. The summed E-state index contributed by atoms with van der Waals surface area (Å²) in [6.07, 6.45) is 0. The van der Waals surface area contributed by atoms with Crippen LogP contribution in [0.1, 0.15) is 35.4 Å². The number of rotatable bonds is 4. The second kappa shape index (κ2) is 13.1. The van der Waals surface area contributed by atoms with E-state index in [0.717, 1.165) is 0 Å². The van der Waals surface area contributed by atoms with Crippen molar-refractivity contribution in [2.45, 2.75) is 18.8 Å². The van der Waals surface area contributed by atoms with Gasteiger partial charge in [0.05, 0.1) is 11.0 Å². The molecule has 2 atom stereocenters. The summed E-state index contributed by atoms with van der Waals surface area (Å²) in [5.41, 5.74) is 15.7. The third kappa shape index (κ3) is 4.91. The summed E-state index contributed by atoms with van der Waals surface area (Å²) in [5, 5.41) is 7.92. The molecule has 60 heavy (non-hydrogen) atoms. The number of hydrogen-bond acceptors (Lipinski definition) is 2. The van der Waals surface area contributed by atoms with Crippen LogP contribution in [0.15, 0.2) is 194 Å². The quantitative estimate of drug-likeness (QED) is 0.167. The first-order valence-electron chi connectivity index (χ1n) is 20.9. The summed E-state index contributed by atoms with van der Waals surface area (Å²) >= 11 is 3.86. The maximum Gasteiger partial charge on any atom is 0.0547 e. The van der Waals surface area contributed by atoms with Crippen LogP contribution in [0.5, 0.6) is 0 Å². The molecule has 2 unspecified atom stereocenters. The molecular formula is C57H37NS2. The topological polar surface area (TPSA) is 4.93 Å². The Morgan fingerprint density at radius 2 is 1.00 bits per heavy atom. The lowest BCUT2D eigenvalue weighted by Gasteiger charge is -2.35. The molecule has 3 heterocycles. The standard InChI is InChI=1S/C57H37NS2/c1-34-38-22-13-23-39(35-29-30-41-40-17-7-10-26-50(40)58(51(41)33-35)37-15-3-2-4-16-37)55(38)45-21-6-5-20-44(45)54(34)36-31-48-43-19-9-12-28-53(43)60-57(48)49(32-36)47-25-14-24-46-42-18-8-11-27-52(42)59-56(46)47/h2-34,54H,1H3. The Bertz CT molecular complexity index is 3690. The van der Waals surface area contributed by atoms with E-state index in [2.05, 4.69) is 206 Å². The van der Waals surface area contributed by atoms with Crippen LogP contribution < -0.4 is 0 Å². The fourth-order valence-corrected chi connectivity index (χ4v) is 13.0. The van der Waals surface area contributed by atoms with Gasteiger partial charge in [-0.1, -0.05) is 153 Å². The lowest BCUT2D eigenvalue weighted by Crippen LogP contribution is -2.17. The van der Waals surface area contributed by atoms with E-state index in [4.69, 9.17) is 0 Å². The molecule has 1 aliphatic rings.